The summed E-state index contributed by atoms with van der Waals surface area (Å²) in [6.07, 6.45) is 6.32. The average molecular weight is 358 g/mol. The molecule has 114 valence electrons. The van der Waals surface area contributed by atoms with Crippen LogP contribution in [-0.4, -0.2) is 53.4 Å². The topological polar surface area (TPSA) is 80.2 Å². The van der Waals surface area contributed by atoms with Gasteiger partial charge in [0, 0.05) is 13.0 Å². The van der Waals surface area contributed by atoms with Crippen LogP contribution < -0.4 is 5.32 Å². The molecule has 1 N–H and O–H groups in total. The summed E-state index contributed by atoms with van der Waals surface area (Å²) in [7, 11) is 0. The highest BCUT2D eigenvalue weighted by molar-refractivity contribution is 9.18. The zero-order valence-electron chi connectivity index (χ0n) is 11.4. The normalized spacial score (nSPS) is 24.0. The van der Waals surface area contributed by atoms with E-state index in [2.05, 4.69) is 32.3 Å². The summed E-state index contributed by atoms with van der Waals surface area (Å²) < 4.78 is 5.59. The summed E-state index contributed by atoms with van der Waals surface area (Å²) in [4.78, 5) is 30.5. The van der Waals surface area contributed by atoms with E-state index in [1.807, 2.05) is 0 Å². The molecule has 2 atom stereocenters. The number of amides is 2. The predicted octanol–water partition coefficient (Wildman–Crippen LogP) is 0.834. The highest BCUT2D eigenvalue weighted by atomic mass is 79.9. The molecule has 2 aliphatic heterocycles. The van der Waals surface area contributed by atoms with Gasteiger partial charge in [0.1, 0.15) is 10.7 Å². The van der Waals surface area contributed by atoms with Crippen molar-refractivity contribution < 1.29 is 19.2 Å². The number of hydrogen-bond acceptors (Lipinski definition) is 5. The van der Waals surface area contributed by atoms with Gasteiger partial charge in [-0.15, -0.1) is 6.42 Å². The van der Waals surface area contributed by atoms with Crippen molar-refractivity contribution in [2.24, 2.45) is 5.16 Å². The quantitative estimate of drug-likeness (QED) is 0.755. The molecule has 0 aromatic heterocycles. The molecule has 7 nitrogen and oxygen atoms in total. The average Bonchev–Trinajstić information content (AvgIpc) is 3.11. The number of rotatable bonds is 4. The molecule has 21 heavy (non-hydrogen) atoms. The van der Waals surface area contributed by atoms with Crippen LogP contribution in [-0.2, 0) is 14.4 Å². The van der Waals surface area contributed by atoms with Crippen LogP contribution in [0.1, 0.15) is 19.3 Å². The van der Waals surface area contributed by atoms with E-state index in [0.717, 1.165) is 11.0 Å². The monoisotopic (exact) mass is 357 g/mol. The maximum atomic E-state index is 12.2. The van der Waals surface area contributed by atoms with Gasteiger partial charge < -0.3 is 14.9 Å². The largest absolute Gasteiger partial charge is 0.436 e. The molecule has 0 unspecified atom stereocenters. The van der Waals surface area contributed by atoms with Gasteiger partial charge in [-0.2, -0.15) is 0 Å². The molecule has 0 radical (unpaired) electrons. The van der Waals surface area contributed by atoms with E-state index < -0.39 is 12.1 Å². The fourth-order valence-electron chi connectivity index (χ4n) is 2.28. The van der Waals surface area contributed by atoms with Gasteiger partial charge in [0.2, 0.25) is 5.91 Å². The van der Waals surface area contributed by atoms with Gasteiger partial charge in [-0.3, -0.25) is 9.69 Å². The van der Waals surface area contributed by atoms with Crippen LogP contribution in [0, 0.1) is 12.3 Å². The van der Waals surface area contributed by atoms with E-state index in [1.165, 1.54) is 4.90 Å². The van der Waals surface area contributed by atoms with Crippen LogP contribution in [0.2, 0.25) is 0 Å². The van der Waals surface area contributed by atoms with E-state index in [1.54, 1.807) is 0 Å². The van der Waals surface area contributed by atoms with Crippen LogP contribution in [0.3, 0.4) is 0 Å². The lowest BCUT2D eigenvalue weighted by molar-refractivity contribution is -0.125. The molecular formula is C13H16BrN3O4. The van der Waals surface area contributed by atoms with Crippen LogP contribution in [0.4, 0.5) is 4.79 Å². The third-order valence-corrected chi connectivity index (χ3v) is 3.74. The minimum atomic E-state index is -0.547. The first-order valence-electron chi connectivity index (χ1n) is 6.64. The van der Waals surface area contributed by atoms with E-state index >= 15 is 0 Å². The molecule has 8 heteroatoms. The molecule has 0 bridgehead atoms. The number of ether oxygens (including phenoxy) is 1. The van der Waals surface area contributed by atoms with Crippen molar-refractivity contribution in [3.05, 3.63) is 0 Å². The minimum Gasteiger partial charge on any atom is -0.436 e. The lowest BCUT2D eigenvalue weighted by Gasteiger charge is -2.23. The number of likely N-dealkylation sites (tertiary alicyclic amines) is 1. The molecule has 2 aliphatic rings. The molecule has 2 rings (SSSR count). The fraction of sp³-hybridized carbons (Fsp3) is 0.615. The number of oxime groups is 1. The Kier molecular flexibility index (Phi) is 5.44. The van der Waals surface area contributed by atoms with Crippen LogP contribution in [0.15, 0.2) is 5.16 Å². The Labute approximate surface area is 131 Å². The van der Waals surface area contributed by atoms with E-state index in [9.17, 15) is 9.59 Å². The van der Waals surface area contributed by atoms with Gasteiger partial charge >= 0.3 is 6.09 Å². The predicted molar refractivity (Wildman–Crippen MR) is 78.8 cm³/mol. The van der Waals surface area contributed by atoms with Crippen molar-refractivity contribution in [1.82, 2.24) is 10.2 Å². The summed E-state index contributed by atoms with van der Waals surface area (Å²) in [5, 5.41) is 6.53. The molecule has 0 saturated carbocycles. The summed E-state index contributed by atoms with van der Waals surface area (Å²) >= 11 is 3.23. The highest BCUT2D eigenvalue weighted by Gasteiger charge is 2.35. The molecule has 0 spiro atoms. The van der Waals surface area contributed by atoms with Crippen molar-refractivity contribution in [1.29, 1.82) is 0 Å². The van der Waals surface area contributed by atoms with E-state index in [4.69, 9.17) is 16.0 Å². The zero-order chi connectivity index (χ0) is 15.2. The third-order valence-electron chi connectivity index (χ3n) is 3.27. The Balaban J connectivity index is 1.80. The third kappa shape index (κ3) is 4.11. The molecule has 1 fully saturated rings. The minimum absolute atomic E-state index is 0.0923. The van der Waals surface area contributed by atoms with Gasteiger partial charge in [-0.05, 0) is 28.8 Å². The van der Waals surface area contributed by atoms with Gasteiger partial charge in [0.15, 0.2) is 12.7 Å². The zero-order valence-corrected chi connectivity index (χ0v) is 13.0. The van der Waals surface area contributed by atoms with Crippen molar-refractivity contribution in [2.75, 3.05) is 19.7 Å². The highest BCUT2D eigenvalue weighted by Crippen LogP contribution is 2.19. The van der Waals surface area contributed by atoms with Crippen molar-refractivity contribution >= 4 is 32.6 Å². The van der Waals surface area contributed by atoms with Gasteiger partial charge in [-0.25, -0.2) is 4.79 Å². The Morgan fingerprint density at radius 3 is 3.10 bits per heavy atom. The molecule has 1 saturated heterocycles. The van der Waals surface area contributed by atoms with Crippen molar-refractivity contribution in [2.45, 2.75) is 31.4 Å². The number of carbonyl (C=O) groups excluding carboxylic acids is 2. The summed E-state index contributed by atoms with van der Waals surface area (Å²) in [5.74, 6) is 2.02. The number of halogens is 1. The fourth-order valence-corrected chi connectivity index (χ4v) is 2.72. The first-order valence-corrected chi connectivity index (χ1v) is 7.44. The van der Waals surface area contributed by atoms with E-state index in [-0.39, 0.29) is 18.6 Å². The lowest BCUT2D eigenvalue weighted by atomic mass is 10.2. The maximum absolute atomic E-state index is 12.2. The molecule has 0 aromatic rings. The summed E-state index contributed by atoms with van der Waals surface area (Å²) in [6, 6.07) is -0.513. The summed E-state index contributed by atoms with van der Waals surface area (Å²) in [6.45, 7) is 0.752. The van der Waals surface area contributed by atoms with Crippen LogP contribution >= 0.6 is 15.9 Å². The van der Waals surface area contributed by atoms with Gasteiger partial charge in [0.25, 0.3) is 0 Å². The van der Waals surface area contributed by atoms with Crippen molar-refractivity contribution in [3.63, 3.8) is 0 Å². The second-order valence-electron chi connectivity index (χ2n) is 4.75. The number of terminal acetylenes is 1. The lowest BCUT2D eigenvalue weighted by Crippen LogP contribution is -2.47. The molecule has 2 heterocycles. The number of nitrogens with zero attached hydrogens (tertiary/aromatic N) is 2. The smallest absolute Gasteiger partial charge is 0.411 e. The molecular weight excluding hydrogens is 342 g/mol. The Morgan fingerprint density at radius 2 is 2.43 bits per heavy atom. The number of carbonyl (C=O) groups is 2. The first-order chi connectivity index (χ1) is 10.1. The van der Waals surface area contributed by atoms with Gasteiger partial charge in [0.05, 0.1) is 6.54 Å². The molecule has 0 aromatic carbocycles. The summed E-state index contributed by atoms with van der Waals surface area (Å²) in [5.41, 5.74) is 0. The number of hydrogen-bond donors (Lipinski definition) is 1. The Morgan fingerprint density at radius 1 is 1.62 bits per heavy atom. The molecule has 2 amide bonds. The number of nitrogens with one attached hydrogen (secondary N) is 1. The Hall–Kier alpha value is -1.75. The van der Waals surface area contributed by atoms with Crippen LogP contribution in [0.5, 0.6) is 0 Å². The molecule has 0 aliphatic carbocycles. The van der Waals surface area contributed by atoms with E-state index in [0.29, 0.717) is 25.9 Å². The standard InChI is InChI=1S/C13H16BrN3O4/c1-2-6-20-13(19)17-5-3-4-10(17)12(18)15-8-9-7-11(14)16-21-9/h1,9-10H,3-8H2,(H,15,18)/t9-,10-/m0/s1. The van der Waals surface area contributed by atoms with Crippen molar-refractivity contribution in [3.8, 4) is 12.3 Å². The first kappa shape index (κ1) is 15.6. The second kappa shape index (κ2) is 7.31. The Bertz CT molecular complexity index is 488. The second-order valence-corrected chi connectivity index (χ2v) is 5.67. The SMILES string of the molecule is C#CCOC(=O)N1CCC[C@H]1C(=O)NC[C@@H]1CC(Br)=NO1. The van der Waals surface area contributed by atoms with Gasteiger partial charge in [-0.1, -0.05) is 11.1 Å². The maximum Gasteiger partial charge on any atom is 0.411 e. The van der Waals surface area contributed by atoms with Crippen LogP contribution in [0.25, 0.3) is 0 Å².